The van der Waals surface area contributed by atoms with Gasteiger partial charge in [0.25, 0.3) is 0 Å². The van der Waals surface area contributed by atoms with Gasteiger partial charge in [-0.2, -0.15) is 0 Å². The van der Waals surface area contributed by atoms with Crippen molar-refractivity contribution in [3.63, 3.8) is 0 Å². The predicted molar refractivity (Wildman–Crippen MR) is 139 cm³/mol. The summed E-state index contributed by atoms with van der Waals surface area (Å²) in [4.78, 5) is 0. The largest absolute Gasteiger partial charge is 0.508 e. The van der Waals surface area contributed by atoms with Gasteiger partial charge in [-0.1, -0.05) is 25.1 Å². The van der Waals surface area contributed by atoms with Crippen LogP contribution in [-0.4, -0.2) is 26.4 Å². The summed E-state index contributed by atoms with van der Waals surface area (Å²) in [7, 11) is 4.86. The van der Waals surface area contributed by atoms with Gasteiger partial charge in [-0.05, 0) is 96.6 Å². The number of phenols is 1. The number of fused-ring (bicyclic) bond motifs is 5. The van der Waals surface area contributed by atoms with Crippen molar-refractivity contribution < 1.29 is 19.3 Å². The molecule has 5 nitrogen and oxygen atoms in total. The fourth-order valence-corrected chi connectivity index (χ4v) is 7.28. The Kier molecular flexibility index (Phi) is 6.47. The van der Waals surface area contributed by atoms with E-state index in [1.807, 2.05) is 18.2 Å². The normalized spacial score (nSPS) is 27.1. The topological polar surface area (TPSA) is 60.0 Å². The van der Waals surface area contributed by atoms with E-state index in [4.69, 9.17) is 14.2 Å². The molecule has 2 aromatic rings. The highest BCUT2D eigenvalue weighted by atomic mass is 16.5. The van der Waals surface area contributed by atoms with Crippen molar-refractivity contribution in [2.24, 2.45) is 17.3 Å². The van der Waals surface area contributed by atoms with Crippen LogP contribution in [0.25, 0.3) is 0 Å². The second-order valence-electron chi connectivity index (χ2n) is 10.8. The summed E-state index contributed by atoms with van der Waals surface area (Å²) in [6, 6.07) is 8.24. The van der Waals surface area contributed by atoms with Gasteiger partial charge >= 0.3 is 0 Å². The van der Waals surface area contributed by atoms with E-state index in [1.54, 1.807) is 21.3 Å². The number of phenolic OH excluding ortho intramolecular Hbond substituents is 1. The van der Waals surface area contributed by atoms with Crippen LogP contribution in [0.2, 0.25) is 0 Å². The molecule has 0 spiro atoms. The number of aryl methyl sites for hydroxylation is 1. The number of nitrogens with one attached hydrogen (secondary N) is 1. The van der Waals surface area contributed by atoms with Gasteiger partial charge in [-0.3, -0.25) is 0 Å². The molecule has 0 amide bonds. The van der Waals surface area contributed by atoms with Crippen molar-refractivity contribution in [3.05, 3.63) is 58.7 Å². The third-order valence-corrected chi connectivity index (χ3v) is 9.25. The molecule has 2 fully saturated rings. The first kappa shape index (κ1) is 24.1. The molecule has 0 aromatic heterocycles. The third-order valence-electron chi connectivity index (χ3n) is 9.25. The van der Waals surface area contributed by atoms with Crippen LogP contribution in [-0.2, 0) is 19.5 Å². The second-order valence-corrected chi connectivity index (χ2v) is 10.8. The van der Waals surface area contributed by atoms with Crippen LogP contribution in [0.1, 0.15) is 67.2 Å². The van der Waals surface area contributed by atoms with E-state index in [-0.39, 0.29) is 0 Å². The SMILES string of the molecule is C=C1CC[C@H]2[C@@H]3CCc4cc(O)c(CNCc5cc(OC)c(OC)c(OC)c5)cc4[C@H]3CC[C@]12C. The highest BCUT2D eigenvalue weighted by Gasteiger charge is 2.51. The van der Waals surface area contributed by atoms with Gasteiger partial charge in [-0.15, -0.1) is 0 Å². The van der Waals surface area contributed by atoms with Crippen molar-refractivity contribution in [1.29, 1.82) is 0 Å². The number of hydrogen-bond acceptors (Lipinski definition) is 5. The molecule has 2 saturated carbocycles. The molecule has 0 unspecified atom stereocenters. The maximum absolute atomic E-state index is 10.8. The molecule has 0 saturated heterocycles. The van der Waals surface area contributed by atoms with E-state index < -0.39 is 0 Å². The van der Waals surface area contributed by atoms with E-state index in [2.05, 4.69) is 24.9 Å². The molecular formula is C30H39NO4. The summed E-state index contributed by atoms with van der Waals surface area (Å²) in [6.07, 6.45) is 7.28. The van der Waals surface area contributed by atoms with E-state index in [9.17, 15) is 5.11 Å². The molecule has 0 radical (unpaired) electrons. The molecule has 3 aliphatic carbocycles. The molecule has 0 bridgehead atoms. The zero-order valence-electron chi connectivity index (χ0n) is 21.6. The lowest BCUT2D eigenvalue weighted by molar-refractivity contribution is 0.0816. The molecule has 4 atom stereocenters. The maximum atomic E-state index is 10.8. The van der Waals surface area contributed by atoms with Crippen LogP contribution >= 0.6 is 0 Å². The molecule has 2 aromatic carbocycles. The highest BCUT2D eigenvalue weighted by Crippen LogP contribution is 2.62. The second kappa shape index (κ2) is 9.42. The van der Waals surface area contributed by atoms with Crippen LogP contribution in [0, 0.1) is 17.3 Å². The zero-order valence-corrected chi connectivity index (χ0v) is 21.6. The van der Waals surface area contributed by atoms with Gasteiger partial charge in [0, 0.05) is 18.7 Å². The standard InChI is InChI=1S/C30H39NO4/c1-18-6-9-25-23-8-7-20-15-26(32)21(14-24(20)22(23)10-11-30(18,25)2)17-31-16-19-12-27(33-3)29(35-5)28(13-19)34-4/h12-15,22-23,25,31-32H,1,6-11,16-17H2,2-5H3/t22-,23+,25-,30+/m0/s1. The first-order valence-corrected chi connectivity index (χ1v) is 12.9. The number of rotatable bonds is 7. The lowest BCUT2D eigenvalue weighted by atomic mass is 9.55. The van der Waals surface area contributed by atoms with Crippen molar-refractivity contribution >= 4 is 0 Å². The Morgan fingerprint density at radius 1 is 0.971 bits per heavy atom. The van der Waals surface area contributed by atoms with Gasteiger partial charge in [0.2, 0.25) is 5.75 Å². The average molecular weight is 478 g/mol. The number of hydrogen-bond donors (Lipinski definition) is 2. The summed E-state index contributed by atoms with van der Waals surface area (Å²) < 4.78 is 16.4. The Morgan fingerprint density at radius 2 is 1.71 bits per heavy atom. The van der Waals surface area contributed by atoms with E-state index in [1.165, 1.54) is 48.8 Å². The molecule has 5 rings (SSSR count). The van der Waals surface area contributed by atoms with Crippen molar-refractivity contribution in [2.75, 3.05) is 21.3 Å². The number of ether oxygens (including phenoxy) is 3. The quantitative estimate of drug-likeness (QED) is 0.471. The minimum absolute atomic E-state index is 0.334. The lowest BCUT2D eigenvalue weighted by Gasteiger charge is -2.49. The summed E-state index contributed by atoms with van der Waals surface area (Å²) in [5.74, 6) is 4.39. The Labute approximate surface area is 209 Å². The fraction of sp³-hybridized carbons (Fsp3) is 0.533. The Morgan fingerprint density at radius 3 is 2.40 bits per heavy atom. The zero-order chi connectivity index (χ0) is 24.7. The average Bonchev–Trinajstić information content (AvgIpc) is 3.17. The first-order valence-electron chi connectivity index (χ1n) is 12.9. The fourth-order valence-electron chi connectivity index (χ4n) is 7.28. The molecule has 2 N–H and O–H groups in total. The minimum Gasteiger partial charge on any atom is -0.508 e. The van der Waals surface area contributed by atoms with Gasteiger partial charge in [0.05, 0.1) is 21.3 Å². The summed E-state index contributed by atoms with van der Waals surface area (Å²) in [6.45, 7) is 8.14. The van der Waals surface area contributed by atoms with Crippen molar-refractivity contribution in [2.45, 2.75) is 64.5 Å². The van der Waals surface area contributed by atoms with E-state index in [0.717, 1.165) is 29.4 Å². The van der Waals surface area contributed by atoms with Crippen LogP contribution in [0.5, 0.6) is 23.0 Å². The van der Waals surface area contributed by atoms with Crippen LogP contribution < -0.4 is 19.5 Å². The number of aromatic hydroxyl groups is 1. The molecule has 3 aliphatic rings. The Bertz CT molecular complexity index is 1100. The van der Waals surface area contributed by atoms with Gasteiger partial charge in [-0.25, -0.2) is 0 Å². The summed E-state index contributed by atoms with van der Waals surface area (Å²) in [5, 5.41) is 14.3. The molecule has 5 heteroatoms. The van der Waals surface area contributed by atoms with Gasteiger partial charge < -0.3 is 24.6 Å². The number of methoxy groups -OCH3 is 3. The molecule has 0 aliphatic heterocycles. The molecule has 35 heavy (non-hydrogen) atoms. The van der Waals surface area contributed by atoms with Gasteiger partial charge in [0.1, 0.15) is 5.75 Å². The number of allylic oxidation sites excluding steroid dienone is 1. The Hall–Kier alpha value is -2.66. The maximum Gasteiger partial charge on any atom is 0.203 e. The third kappa shape index (κ3) is 4.08. The monoisotopic (exact) mass is 477 g/mol. The minimum atomic E-state index is 0.334. The van der Waals surface area contributed by atoms with Gasteiger partial charge in [0.15, 0.2) is 11.5 Å². The van der Waals surface area contributed by atoms with E-state index in [0.29, 0.717) is 47.4 Å². The first-order chi connectivity index (χ1) is 16.9. The predicted octanol–water partition coefficient (Wildman–Crippen LogP) is 6.12. The molecule has 0 heterocycles. The van der Waals surface area contributed by atoms with Crippen LogP contribution in [0.15, 0.2) is 36.4 Å². The van der Waals surface area contributed by atoms with Crippen LogP contribution in [0.3, 0.4) is 0 Å². The van der Waals surface area contributed by atoms with Crippen LogP contribution in [0.4, 0.5) is 0 Å². The lowest BCUT2D eigenvalue weighted by Crippen LogP contribution is -2.40. The smallest absolute Gasteiger partial charge is 0.203 e. The number of benzene rings is 2. The summed E-state index contributed by atoms with van der Waals surface area (Å²) >= 11 is 0. The molecule has 188 valence electrons. The van der Waals surface area contributed by atoms with Crippen molar-refractivity contribution in [1.82, 2.24) is 5.32 Å². The Balaban J connectivity index is 1.33. The highest BCUT2D eigenvalue weighted by molar-refractivity contribution is 5.54. The van der Waals surface area contributed by atoms with Crippen molar-refractivity contribution in [3.8, 4) is 23.0 Å². The summed E-state index contributed by atoms with van der Waals surface area (Å²) in [5.41, 5.74) is 6.64. The molecular weight excluding hydrogens is 438 g/mol. The van der Waals surface area contributed by atoms with E-state index >= 15 is 0 Å².